The maximum Gasteiger partial charge on any atom is 0.253 e. The number of imide groups is 1. The number of thiazole rings is 1. The van der Waals surface area contributed by atoms with Crippen LogP contribution in [0, 0.1) is 5.92 Å². The molecule has 3 aromatic rings. The standard InChI is InChI=1S/C39H50N6O9S2/c1-39(2,3)30-22-41-32(54-30)25-55-35-23-42-38(56-35)43-37(49)27-11-15-44(16-12-27)24-31(46)40-13-17-52-18-19-53-36-28(50-4)20-26(21-29(36)51-5)9-10-34(48)45-14-7-6-8-33(45)47/h6,8-10,20-23,27H,7,11-19,24-25H2,1-5H3,(H,40,46)(H,42,43,49). The molecule has 2 N–H and O–H groups in total. The van der Waals surface area contributed by atoms with E-state index in [-0.39, 0.29) is 48.8 Å². The van der Waals surface area contributed by atoms with Crippen LogP contribution in [0.1, 0.15) is 57.2 Å². The second kappa shape index (κ2) is 20.5. The summed E-state index contributed by atoms with van der Waals surface area (Å²) in [7, 11) is 3.00. The number of nitrogens with zero attached hydrogens (tertiary/aromatic N) is 4. The van der Waals surface area contributed by atoms with Gasteiger partial charge in [-0.15, -0.1) is 11.8 Å². The van der Waals surface area contributed by atoms with E-state index in [9.17, 15) is 19.2 Å². The van der Waals surface area contributed by atoms with Gasteiger partial charge in [0.2, 0.25) is 23.5 Å². The largest absolute Gasteiger partial charge is 0.493 e. The Bertz CT molecular complexity index is 1850. The van der Waals surface area contributed by atoms with Gasteiger partial charge >= 0.3 is 0 Å². The molecular formula is C39H50N6O9S2. The van der Waals surface area contributed by atoms with Crippen molar-refractivity contribution in [2.45, 2.75) is 55.4 Å². The number of aromatic nitrogens is 2. The number of anilines is 1. The van der Waals surface area contributed by atoms with Gasteiger partial charge < -0.3 is 34.0 Å². The first kappa shape index (κ1) is 42.4. The monoisotopic (exact) mass is 810 g/mol. The predicted molar refractivity (Wildman–Crippen MR) is 213 cm³/mol. The Morgan fingerprint density at radius 2 is 1.79 bits per heavy atom. The fourth-order valence-corrected chi connectivity index (χ4v) is 7.56. The zero-order chi connectivity index (χ0) is 40.1. The van der Waals surface area contributed by atoms with Crippen molar-refractivity contribution >= 4 is 57.9 Å². The number of ether oxygens (including phenoxy) is 4. The highest BCUT2D eigenvalue weighted by atomic mass is 32.2. The van der Waals surface area contributed by atoms with E-state index in [1.807, 2.05) is 4.90 Å². The highest BCUT2D eigenvalue weighted by Gasteiger charge is 2.27. The van der Waals surface area contributed by atoms with Crippen LogP contribution in [0.2, 0.25) is 0 Å². The van der Waals surface area contributed by atoms with Crippen molar-refractivity contribution in [1.29, 1.82) is 0 Å². The lowest BCUT2D eigenvalue weighted by atomic mass is 9.94. The summed E-state index contributed by atoms with van der Waals surface area (Å²) in [6, 6.07) is 3.41. The Morgan fingerprint density at radius 3 is 2.46 bits per heavy atom. The number of hydrogen-bond acceptors (Lipinski definition) is 14. The van der Waals surface area contributed by atoms with Crippen LogP contribution in [-0.4, -0.2) is 110 Å². The average molecular weight is 811 g/mol. The molecule has 0 saturated carbocycles. The molecule has 0 atom stereocenters. The molecule has 1 saturated heterocycles. The van der Waals surface area contributed by atoms with Crippen LogP contribution in [0.4, 0.5) is 5.13 Å². The third-order valence-electron chi connectivity index (χ3n) is 8.93. The molecule has 17 heteroatoms. The first-order chi connectivity index (χ1) is 26.9. The lowest BCUT2D eigenvalue weighted by Crippen LogP contribution is -2.44. The average Bonchev–Trinajstić information content (AvgIpc) is 3.86. The summed E-state index contributed by atoms with van der Waals surface area (Å²) in [5.41, 5.74) is 0.535. The van der Waals surface area contributed by atoms with Crippen molar-refractivity contribution in [1.82, 2.24) is 25.1 Å². The number of carbonyl (C=O) groups excluding carboxylic acids is 4. The van der Waals surface area contributed by atoms with E-state index in [0.29, 0.717) is 91.6 Å². The second-order valence-corrected chi connectivity index (χ2v) is 16.4. The lowest BCUT2D eigenvalue weighted by Gasteiger charge is -2.30. The molecule has 15 nitrogen and oxygen atoms in total. The Kier molecular flexibility index (Phi) is 15.5. The van der Waals surface area contributed by atoms with E-state index >= 15 is 0 Å². The number of methoxy groups -OCH3 is 2. The normalized spacial score (nSPS) is 15.3. The third-order valence-corrected chi connectivity index (χ3v) is 11.0. The molecule has 0 radical (unpaired) electrons. The van der Waals surface area contributed by atoms with Gasteiger partial charge in [0, 0.05) is 30.5 Å². The smallest absolute Gasteiger partial charge is 0.253 e. The summed E-state index contributed by atoms with van der Waals surface area (Å²) in [5, 5.41) is 6.41. The van der Waals surface area contributed by atoms with Gasteiger partial charge in [-0.25, -0.2) is 9.97 Å². The summed E-state index contributed by atoms with van der Waals surface area (Å²) >= 11 is 2.99. The Hall–Kier alpha value is -4.71. The number of carbonyl (C=O) groups is 4. The first-order valence-electron chi connectivity index (χ1n) is 18.4. The number of likely N-dealkylation sites (tertiary alicyclic amines) is 1. The number of oxazole rings is 1. The molecule has 1 aromatic carbocycles. The minimum atomic E-state index is -0.402. The van der Waals surface area contributed by atoms with Crippen LogP contribution < -0.4 is 24.8 Å². The van der Waals surface area contributed by atoms with Gasteiger partial charge in [0.15, 0.2) is 16.6 Å². The quantitative estimate of drug-likeness (QED) is 0.101. The third kappa shape index (κ3) is 12.4. The molecule has 4 heterocycles. The van der Waals surface area contributed by atoms with Crippen LogP contribution in [0.3, 0.4) is 0 Å². The molecule has 0 spiro atoms. The van der Waals surface area contributed by atoms with Crippen LogP contribution in [-0.2, 0) is 35.1 Å². The lowest BCUT2D eigenvalue weighted by molar-refractivity contribution is -0.139. The van der Waals surface area contributed by atoms with Crippen molar-refractivity contribution < 1.29 is 42.5 Å². The molecule has 2 aromatic heterocycles. The van der Waals surface area contributed by atoms with E-state index in [1.54, 1.807) is 48.4 Å². The van der Waals surface area contributed by atoms with Crippen molar-refractivity contribution in [3.8, 4) is 17.2 Å². The number of piperidine rings is 1. The fourth-order valence-electron chi connectivity index (χ4n) is 5.83. The van der Waals surface area contributed by atoms with Gasteiger partial charge in [-0.3, -0.25) is 29.0 Å². The first-order valence-corrected chi connectivity index (χ1v) is 20.2. The summed E-state index contributed by atoms with van der Waals surface area (Å²) in [6.45, 7) is 9.22. The van der Waals surface area contributed by atoms with Crippen LogP contribution in [0.25, 0.3) is 6.08 Å². The Balaban J connectivity index is 0.940. The Labute approximate surface area is 335 Å². The summed E-state index contributed by atoms with van der Waals surface area (Å²) in [5.74, 6) is 2.24. The van der Waals surface area contributed by atoms with Gasteiger partial charge in [0.1, 0.15) is 12.4 Å². The minimum Gasteiger partial charge on any atom is -0.493 e. The maximum atomic E-state index is 13.0. The summed E-state index contributed by atoms with van der Waals surface area (Å²) < 4.78 is 29.4. The number of amides is 4. The van der Waals surface area contributed by atoms with Crippen LogP contribution in [0.5, 0.6) is 17.2 Å². The van der Waals surface area contributed by atoms with E-state index in [2.05, 4.69) is 41.4 Å². The van der Waals surface area contributed by atoms with Crippen molar-refractivity contribution in [2.24, 2.45) is 5.92 Å². The summed E-state index contributed by atoms with van der Waals surface area (Å²) in [4.78, 5) is 62.0. The second-order valence-electron chi connectivity index (χ2n) is 14.1. The van der Waals surface area contributed by atoms with E-state index in [1.165, 1.54) is 42.6 Å². The minimum absolute atomic E-state index is 0.0520. The van der Waals surface area contributed by atoms with Gasteiger partial charge in [-0.2, -0.15) is 0 Å². The molecule has 2 aliphatic rings. The predicted octanol–water partition coefficient (Wildman–Crippen LogP) is 4.93. The molecule has 5 rings (SSSR count). The highest BCUT2D eigenvalue weighted by molar-refractivity contribution is 8.00. The van der Waals surface area contributed by atoms with Gasteiger partial charge in [0.05, 0.1) is 56.3 Å². The Morgan fingerprint density at radius 1 is 1.04 bits per heavy atom. The number of nitrogens with one attached hydrogen (secondary N) is 2. The number of rotatable bonds is 18. The van der Waals surface area contributed by atoms with Crippen molar-refractivity contribution in [3.63, 3.8) is 0 Å². The summed E-state index contributed by atoms with van der Waals surface area (Å²) in [6.07, 6.45) is 11.5. The fraction of sp³-hybridized carbons (Fsp3) is 0.487. The molecule has 0 aliphatic carbocycles. The number of benzene rings is 1. The molecule has 0 bridgehead atoms. The van der Waals surface area contributed by atoms with Crippen molar-refractivity contribution in [3.05, 3.63) is 60.0 Å². The molecule has 4 amide bonds. The highest BCUT2D eigenvalue weighted by Crippen LogP contribution is 2.39. The SMILES string of the molecule is COc1cc(C=CC(=O)N2CCC=CC2=O)cc(OC)c1OCCOCCNC(=O)CN1CCC(C(=O)Nc2ncc(SCc3ncc(C(C)(C)C)o3)s2)CC1. The van der Waals surface area contributed by atoms with E-state index in [4.69, 9.17) is 23.4 Å². The zero-order valence-electron chi connectivity index (χ0n) is 32.5. The molecule has 56 heavy (non-hydrogen) atoms. The van der Waals surface area contributed by atoms with Gasteiger partial charge in [0.25, 0.3) is 11.8 Å². The van der Waals surface area contributed by atoms with E-state index < -0.39 is 5.91 Å². The molecule has 2 aliphatic heterocycles. The zero-order valence-corrected chi connectivity index (χ0v) is 34.1. The molecule has 1 fully saturated rings. The van der Waals surface area contributed by atoms with Gasteiger partial charge in [-0.05, 0) is 62.2 Å². The number of hydrogen-bond donors (Lipinski definition) is 2. The number of thioether (sulfide) groups is 1. The topological polar surface area (TPSA) is 175 Å². The van der Waals surface area contributed by atoms with Gasteiger partial charge in [-0.1, -0.05) is 38.2 Å². The molecule has 0 unspecified atom stereocenters. The van der Waals surface area contributed by atoms with Crippen molar-refractivity contribution in [2.75, 3.05) is 72.1 Å². The maximum absolute atomic E-state index is 13.0. The van der Waals surface area contributed by atoms with Crippen LogP contribution in [0.15, 0.2) is 51.4 Å². The van der Waals surface area contributed by atoms with E-state index in [0.717, 1.165) is 9.97 Å². The molecule has 302 valence electrons. The van der Waals surface area contributed by atoms with Crippen LogP contribution >= 0.6 is 23.1 Å². The molecular weight excluding hydrogens is 761 g/mol.